The zero-order chi connectivity index (χ0) is 13.0. The van der Waals surface area contributed by atoms with Crippen LogP contribution in [0.2, 0.25) is 0 Å². The Kier molecular flexibility index (Phi) is 4.22. The van der Waals surface area contributed by atoms with E-state index in [4.69, 9.17) is 0 Å². The van der Waals surface area contributed by atoms with E-state index in [1.54, 1.807) is 12.1 Å². The van der Waals surface area contributed by atoms with Crippen LogP contribution in [0, 0.1) is 11.8 Å². The molecule has 2 nitrogen and oxygen atoms in total. The van der Waals surface area contributed by atoms with Gasteiger partial charge in [0.1, 0.15) is 5.75 Å². The standard InChI is InChI=1S/C15H13BrO2/c16-12-7-9-15(18)13(10-12)14(17)8-6-11-4-2-1-3-5-11/h4,7,9-10,18H,1-3,5H2. The second-order valence-corrected chi connectivity index (χ2v) is 5.13. The molecule has 0 aromatic heterocycles. The molecule has 0 bridgehead atoms. The van der Waals surface area contributed by atoms with E-state index in [1.807, 2.05) is 0 Å². The number of hydrogen-bond donors (Lipinski definition) is 1. The molecule has 0 amide bonds. The smallest absolute Gasteiger partial charge is 0.239 e. The Balaban J connectivity index is 2.19. The van der Waals surface area contributed by atoms with E-state index in [9.17, 15) is 9.90 Å². The summed E-state index contributed by atoms with van der Waals surface area (Å²) < 4.78 is 0.752. The number of carbonyl (C=O) groups is 1. The van der Waals surface area contributed by atoms with Crippen molar-refractivity contribution >= 4 is 21.7 Å². The fraction of sp³-hybridized carbons (Fsp3) is 0.267. The lowest BCUT2D eigenvalue weighted by molar-refractivity contribution is 0.105. The summed E-state index contributed by atoms with van der Waals surface area (Å²) in [4.78, 5) is 11.9. The molecule has 0 heterocycles. The van der Waals surface area contributed by atoms with Gasteiger partial charge in [0, 0.05) is 4.47 Å². The highest BCUT2D eigenvalue weighted by Gasteiger charge is 2.09. The molecule has 0 unspecified atom stereocenters. The largest absolute Gasteiger partial charge is 0.507 e. The molecule has 0 fully saturated rings. The number of benzene rings is 1. The van der Waals surface area contributed by atoms with Crippen molar-refractivity contribution in [1.82, 2.24) is 0 Å². The van der Waals surface area contributed by atoms with Gasteiger partial charge in [-0.25, -0.2) is 0 Å². The number of ketones is 1. The van der Waals surface area contributed by atoms with Gasteiger partial charge in [0.25, 0.3) is 0 Å². The first kappa shape index (κ1) is 12.9. The maximum absolute atomic E-state index is 11.9. The maximum Gasteiger partial charge on any atom is 0.239 e. The molecule has 1 aromatic rings. The third-order valence-corrected chi connectivity index (χ3v) is 3.32. The van der Waals surface area contributed by atoms with Crippen LogP contribution < -0.4 is 0 Å². The summed E-state index contributed by atoms with van der Waals surface area (Å²) in [5.41, 5.74) is 1.28. The van der Waals surface area contributed by atoms with Crippen LogP contribution in [0.5, 0.6) is 5.75 Å². The number of phenolic OH excluding ortho intramolecular Hbond substituents is 1. The lowest BCUT2D eigenvalue weighted by atomic mass is 10.00. The van der Waals surface area contributed by atoms with Gasteiger partial charge >= 0.3 is 0 Å². The first-order valence-electron chi connectivity index (χ1n) is 5.91. The highest BCUT2D eigenvalue weighted by Crippen LogP contribution is 2.22. The van der Waals surface area contributed by atoms with E-state index < -0.39 is 0 Å². The predicted octanol–water partition coefficient (Wildman–Crippen LogP) is 3.84. The highest BCUT2D eigenvalue weighted by atomic mass is 79.9. The monoisotopic (exact) mass is 304 g/mol. The van der Waals surface area contributed by atoms with Crippen molar-refractivity contribution in [3.63, 3.8) is 0 Å². The zero-order valence-electron chi connectivity index (χ0n) is 9.87. The molecule has 2 rings (SSSR count). The second-order valence-electron chi connectivity index (χ2n) is 4.22. The van der Waals surface area contributed by atoms with Crippen molar-refractivity contribution < 1.29 is 9.90 Å². The van der Waals surface area contributed by atoms with E-state index in [1.165, 1.54) is 12.5 Å². The summed E-state index contributed by atoms with van der Waals surface area (Å²) in [6, 6.07) is 4.75. The molecule has 1 N–H and O–H groups in total. The lowest BCUT2D eigenvalue weighted by Gasteiger charge is -2.05. The van der Waals surface area contributed by atoms with Crippen LogP contribution in [-0.4, -0.2) is 10.9 Å². The molecule has 1 aromatic carbocycles. The van der Waals surface area contributed by atoms with Crippen molar-refractivity contribution in [3.8, 4) is 17.6 Å². The van der Waals surface area contributed by atoms with Crippen molar-refractivity contribution in [2.24, 2.45) is 0 Å². The Hall–Kier alpha value is -1.53. The number of halogens is 1. The van der Waals surface area contributed by atoms with Gasteiger partial charge in [-0.3, -0.25) is 4.79 Å². The Morgan fingerprint density at radius 3 is 2.89 bits per heavy atom. The van der Waals surface area contributed by atoms with Gasteiger partial charge in [-0.05, 0) is 55.4 Å². The maximum atomic E-state index is 11.9. The molecule has 3 heteroatoms. The van der Waals surface area contributed by atoms with Gasteiger partial charge in [0.15, 0.2) is 0 Å². The van der Waals surface area contributed by atoms with Gasteiger partial charge in [0.05, 0.1) is 5.56 Å². The summed E-state index contributed by atoms with van der Waals surface area (Å²) in [6.07, 6.45) is 6.41. The van der Waals surface area contributed by atoms with Crippen molar-refractivity contribution in [1.29, 1.82) is 0 Å². The average Bonchev–Trinajstić information content (AvgIpc) is 2.40. The molecular formula is C15H13BrO2. The third-order valence-electron chi connectivity index (χ3n) is 2.83. The van der Waals surface area contributed by atoms with E-state index in [-0.39, 0.29) is 17.1 Å². The Bertz CT molecular complexity index is 562. The number of phenols is 1. The first-order valence-corrected chi connectivity index (χ1v) is 6.70. The van der Waals surface area contributed by atoms with E-state index in [2.05, 4.69) is 33.8 Å². The van der Waals surface area contributed by atoms with Gasteiger partial charge in [-0.2, -0.15) is 0 Å². The van der Waals surface area contributed by atoms with Gasteiger partial charge in [-0.1, -0.05) is 27.9 Å². The van der Waals surface area contributed by atoms with Crippen LogP contribution >= 0.6 is 15.9 Å². The fourth-order valence-electron chi connectivity index (χ4n) is 1.85. The second kappa shape index (κ2) is 5.88. The lowest BCUT2D eigenvalue weighted by Crippen LogP contribution is -1.96. The van der Waals surface area contributed by atoms with E-state index in [0.29, 0.717) is 0 Å². The summed E-state index contributed by atoms with van der Waals surface area (Å²) in [5, 5.41) is 9.62. The Labute approximate surface area is 115 Å². The average molecular weight is 305 g/mol. The molecule has 0 spiro atoms. The topological polar surface area (TPSA) is 37.3 Å². The Morgan fingerprint density at radius 1 is 1.33 bits per heavy atom. The fourth-order valence-corrected chi connectivity index (χ4v) is 2.21. The van der Waals surface area contributed by atoms with Crippen LogP contribution in [0.3, 0.4) is 0 Å². The van der Waals surface area contributed by atoms with Gasteiger partial charge in [0.2, 0.25) is 5.78 Å². The summed E-state index contributed by atoms with van der Waals surface area (Å²) in [6.45, 7) is 0. The number of carbonyl (C=O) groups excluding carboxylic acids is 1. The van der Waals surface area contributed by atoms with Crippen LogP contribution in [0.15, 0.2) is 34.3 Å². The minimum absolute atomic E-state index is 0.0323. The van der Waals surface area contributed by atoms with Gasteiger partial charge < -0.3 is 5.11 Å². The molecule has 0 atom stereocenters. The van der Waals surface area contributed by atoms with Crippen LogP contribution in [0.25, 0.3) is 0 Å². The number of Topliss-reactive ketones (excluding diaryl/α,β-unsaturated/α-hetero) is 1. The molecule has 0 saturated carbocycles. The quantitative estimate of drug-likeness (QED) is 0.486. The van der Waals surface area contributed by atoms with Gasteiger partial charge in [-0.15, -0.1) is 0 Å². The summed E-state index contributed by atoms with van der Waals surface area (Å²) in [7, 11) is 0. The molecular weight excluding hydrogens is 292 g/mol. The molecule has 1 aliphatic carbocycles. The molecule has 1 aliphatic rings. The Morgan fingerprint density at radius 2 is 2.17 bits per heavy atom. The van der Waals surface area contributed by atoms with Crippen molar-refractivity contribution in [2.45, 2.75) is 25.7 Å². The molecule has 0 aliphatic heterocycles. The summed E-state index contributed by atoms with van der Waals surface area (Å²) in [5.74, 6) is 5.12. The minimum Gasteiger partial charge on any atom is -0.507 e. The first-order chi connectivity index (χ1) is 8.66. The third kappa shape index (κ3) is 3.24. The normalized spacial score (nSPS) is 14.4. The highest BCUT2D eigenvalue weighted by molar-refractivity contribution is 9.10. The van der Waals surface area contributed by atoms with E-state index >= 15 is 0 Å². The number of hydrogen-bond acceptors (Lipinski definition) is 2. The SMILES string of the molecule is O=C(C#CC1=CCCCC1)c1cc(Br)ccc1O. The van der Waals surface area contributed by atoms with Crippen LogP contribution in [0.1, 0.15) is 36.0 Å². The summed E-state index contributed by atoms with van der Waals surface area (Å²) >= 11 is 3.27. The van der Waals surface area contributed by atoms with Crippen molar-refractivity contribution in [3.05, 3.63) is 39.9 Å². The number of rotatable bonds is 1. The molecule has 92 valence electrons. The number of aromatic hydroxyl groups is 1. The van der Waals surface area contributed by atoms with Crippen LogP contribution in [-0.2, 0) is 0 Å². The molecule has 18 heavy (non-hydrogen) atoms. The van der Waals surface area contributed by atoms with Crippen LogP contribution in [0.4, 0.5) is 0 Å². The van der Waals surface area contributed by atoms with E-state index in [0.717, 1.165) is 29.3 Å². The molecule has 0 saturated heterocycles. The number of allylic oxidation sites excluding steroid dienone is 2. The van der Waals surface area contributed by atoms with Crippen molar-refractivity contribution in [2.75, 3.05) is 0 Å². The minimum atomic E-state index is -0.347. The molecule has 0 radical (unpaired) electrons. The zero-order valence-corrected chi connectivity index (χ0v) is 11.5. The predicted molar refractivity (Wildman–Crippen MR) is 74.5 cm³/mol.